The van der Waals surface area contributed by atoms with Crippen LogP contribution in [0.25, 0.3) is 0 Å². The first-order valence-corrected chi connectivity index (χ1v) is 9.97. The molecule has 1 aromatic rings. The number of guanidine groups is 1. The van der Waals surface area contributed by atoms with E-state index in [0.717, 1.165) is 63.5 Å². The first-order valence-electron chi connectivity index (χ1n) is 9.97. The second-order valence-corrected chi connectivity index (χ2v) is 7.26. The van der Waals surface area contributed by atoms with Crippen molar-refractivity contribution in [2.75, 3.05) is 45.8 Å². The molecule has 1 aromatic carbocycles. The predicted octanol–water partition coefficient (Wildman–Crippen LogP) is 0.796. The lowest BCUT2D eigenvalue weighted by Gasteiger charge is -2.36. The minimum atomic E-state index is 0.151. The van der Waals surface area contributed by atoms with E-state index in [2.05, 4.69) is 27.4 Å². The minimum Gasteiger partial charge on any atom is -0.508 e. The molecule has 1 amide bonds. The van der Waals surface area contributed by atoms with Gasteiger partial charge in [-0.15, -0.1) is 0 Å². The maximum atomic E-state index is 12.0. The van der Waals surface area contributed by atoms with E-state index in [-0.39, 0.29) is 5.91 Å². The topological polar surface area (TPSA) is 80.2 Å². The zero-order valence-corrected chi connectivity index (χ0v) is 16.2. The molecule has 27 heavy (non-hydrogen) atoms. The molecule has 0 bridgehead atoms. The number of nitrogens with zero attached hydrogens (tertiary/aromatic N) is 3. The molecule has 1 saturated heterocycles. The summed E-state index contributed by atoms with van der Waals surface area (Å²) in [4.78, 5) is 21.2. The summed E-state index contributed by atoms with van der Waals surface area (Å²) in [5.74, 6) is 1.38. The highest BCUT2D eigenvalue weighted by Gasteiger charge is 2.25. The molecule has 2 fully saturated rings. The van der Waals surface area contributed by atoms with Gasteiger partial charge in [-0.25, -0.2) is 0 Å². The summed E-state index contributed by atoms with van der Waals surface area (Å²) in [5.41, 5.74) is 1.08. The van der Waals surface area contributed by atoms with E-state index in [1.54, 1.807) is 12.1 Å². The third kappa shape index (κ3) is 6.43. The monoisotopic (exact) mass is 373 g/mol. The van der Waals surface area contributed by atoms with Gasteiger partial charge < -0.3 is 20.6 Å². The van der Waals surface area contributed by atoms with Gasteiger partial charge in [-0.2, -0.15) is 0 Å². The quantitative estimate of drug-likeness (QED) is 0.487. The van der Waals surface area contributed by atoms with Gasteiger partial charge in [-0.1, -0.05) is 12.1 Å². The number of phenolic OH excluding ortho intramolecular Hbond substituents is 1. The Morgan fingerprint density at radius 3 is 2.70 bits per heavy atom. The van der Waals surface area contributed by atoms with Gasteiger partial charge in [0.05, 0.1) is 6.54 Å². The average Bonchev–Trinajstić information content (AvgIpc) is 3.46. The zero-order valence-electron chi connectivity index (χ0n) is 16.2. The molecule has 1 saturated carbocycles. The molecule has 7 heteroatoms. The van der Waals surface area contributed by atoms with E-state index in [4.69, 9.17) is 4.99 Å². The van der Waals surface area contributed by atoms with E-state index in [9.17, 15) is 9.90 Å². The fraction of sp³-hybridized carbons (Fsp3) is 0.600. The van der Waals surface area contributed by atoms with Crippen molar-refractivity contribution in [2.45, 2.75) is 32.2 Å². The van der Waals surface area contributed by atoms with Gasteiger partial charge in [-0.05, 0) is 43.9 Å². The van der Waals surface area contributed by atoms with Crippen molar-refractivity contribution in [1.82, 2.24) is 20.4 Å². The molecule has 0 unspecified atom stereocenters. The summed E-state index contributed by atoms with van der Waals surface area (Å²) in [7, 11) is 0. The molecule has 3 N–H and O–H groups in total. The number of rotatable bonds is 7. The zero-order chi connectivity index (χ0) is 19.1. The normalized spacial score (nSPS) is 18.4. The standard InChI is InChI=1S/C20H31N5O2/c1-2-21-20(22-9-8-16-4-3-5-18(26)14-16)25-12-10-24(11-13-25)15-19(27)23-17-6-7-17/h3-5,14,17,26H,2,6-13,15H2,1H3,(H,21,22)(H,23,27). The molecule has 3 rings (SSSR count). The van der Waals surface area contributed by atoms with E-state index in [0.29, 0.717) is 24.9 Å². The maximum absolute atomic E-state index is 12.0. The number of piperazine rings is 1. The molecule has 0 aromatic heterocycles. The lowest BCUT2D eigenvalue weighted by Crippen LogP contribution is -2.54. The second-order valence-electron chi connectivity index (χ2n) is 7.26. The van der Waals surface area contributed by atoms with Gasteiger partial charge in [-0.3, -0.25) is 14.7 Å². The van der Waals surface area contributed by atoms with Crippen LogP contribution in [0.15, 0.2) is 29.3 Å². The number of aromatic hydroxyl groups is 1. The van der Waals surface area contributed by atoms with Crippen molar-refractivity contribution in [3.05, 3.63) is 29.8 Å². The number of carbonyl (C=O) groups excluding carboxylic acids is 1. The Hall–Kier alpha value is -2.28. The highest BCUT2D eigenvalue weighted by molar-refractivity contribution is 5.80. The van der Waals surface area contributed by atoms with Crippen LogP contribution in [0.5, 0.6) is 5.75 Å². The third-order valence-electron chi connectivity index (χ3n) is 4.89. The number of phenols is 1. The van der Waals surface area contributed by atoms with E-state index < -0.39 is 0 Å². The van der Waals surface area contributed by atoms with Crippen molar-refractivity contribution in [1.29, 1.82) is 0 Å². The van der Waals surface area contributed by atoms with Gasteiger partial charge in [0.2, 0.25) is 5.91 Å². The van der Waals surface area contributed by atoms with Crippen molar-refractivity contribution < 1.29 is 9.90 Å². The van der Waals surface area contributed by atoms with Crippen molar-refractivity contribution in [3.63, 3.8) is 0 Å². The average molecular weight is 374 g/mol. The first-order chi connectivity index (χ1) is 13.1. The summed E-state index contributed by atoms with van der Waals surface area (Å²) < 4.78 is 0. The van der Waals surface area contributed by atoms with Crippen LogP contribution < -0.4 is 10.6 Å². The van der Waals surface area contributed by atoms with Crippen LogP contribution in [0.2, 0.25) is 0 Å². The Morgan fingerprint density at radius 1 is 1.26 bits per heavy atom. The van der Waals surface area contributed by atoms with Crippen LogP contribution in [0, 0.1) is 0 Å². The fourth-order valence-electron chi connectivity index (χ4n) is 3.25. The van der Waals surface area contributed by atoms with Gasteiger partial charge >= 0.3 is 0 Å². The Balaban J connectivity index is 1.45. The van der Waals surface area contributed by atoms with Crippen LogP contribution in [-0.2, 0) is 11.2 Å². The Bertz CT molecular complexity index is 652. The molecule has 2 aliphatic rings. The van der Waals surface area contributed by atoms with Crippen LogP contribution in [-0.4, -0.2) is 78.6 Å². The molecular formula is C20H31N5O2. The molecule has 0 spiro atoms. The van der Waals surface area contributed by atoms with Gasteiger partial charge in [0.1, 0.15) is 5.75 Å². The van der Waals surface area contributed by atoms with Gasteiger partial charge in [0, 0.05) is 45.3 Å². The van der Waals surface area contributed by atoms with Crippen molar-refractivity contribution >= 4 is 11.9 Å². The summed E-state index contributed by atoms with van der Waals surface area (Å²) >= 11 is 0. The number of aliphatic imine (C=N–C) groups is 1. The maximum Gasteiger partial charge on any atom is 0.234 e. The van der Waals surface area contributed by atoms with Crippen molar-refractivity contribution in [2.24, 2.45) is 4.99 Å². The largest absolute Gasteiger partial charge is 0.508 e. The van der Waals surface area contributed by atoms with Crippen LogP contribution in [0.3, 0.4) is 0 Å². The smallest absolute Gasteiger partial charge is 0.234 e. The summed E-state index contributed by atoms with van der Waals surface area (Å²) in [6.07, 6.45) is 3.06. The highest BCUT2D eigenvalue weighted by Crippen LogP contribution is 2.18. The lowest BCUT2D eigenvalue weighted by molar-refractivity contribution is -0.122. The fourth-order valence-corrected chi connectivity index (χ4v) is 3.25. The second kappa shape index (κ2) is 9.60. The highest BCUT2D eigenvalue weighted by atomic mass is 16.3. The number of hydrogen-bond donors (Lipinski definition) is 3. The molecule has 0 radical (unpaired) electrons. The predicted molar refractivity (Wildman–Crippen MR) is 107 cm³/mol. The molecular weight excluding hydrogens is 342 g/mol. The minimum absolute atomic E-state index is 0.151. The summed E-state index contributed by atoms with van der Waals surface area (Å²) in [6, 6.07) is 7.76. The molecule has 148 valence electrons. The number of amides is 1. The SMILES string of the molecule is CCNC(=NCCc1cccc(O)c1)N1CCN(CC(=O)NC2CC2)CC1. The number of nitrogens with one attached hydrogen (secondary N) is 2. The molecule has 0 atom stereocenters. The summed E-state index contributed by atoms with van der Waals surface area (Å²) in [5, 5.41) is 16.0. The number of carbonyl (C=O) groups is 1. The van der Waals surface area contributed by atoms with Crippen molar-refractivity contribution in [3.8, 4) is 5.75 Å². The van der Waals surface area contributed by atoms with Gasteiger partial charge in [0.25, 0.3) is 0 Å². The summed E-state index contributed by atoms with van der Waals surface area (Å²) in [6.45, 7) is 7.55. The Morgan fingerprint density at radius 2 is 2.04 bits per heavy atom. The lowest BCUT2D eigenvalue weighted by atomic mass is 10.1. The van der Waals surface area contributed by atoms with Gasteiger partial charge in [0.15, 0.2) is 5.96 Å². The number of hydrogen-bond acceptors (Lipinski definition) is 4. The molecule has 1 aliphatic carbocycles. The Labute approximate surface area is 161 Å². The molecule has 7 nitrogen and oxygen atoms in total. The van der Waals surface area contributed by atoms with E-state index in [1.165, 1.54) is 0 Å². The van der Waals surface area contributed by atoms with E-state index in [1.807, 2.05) is 12.1 Å². The number of benzene rings is 1. The van der Waals surface area contributed by atoms with Crippen LogP contribution in [0.4, 0.5) is 0 Å². The Kier molecular flexibility index (Phi) is 6.92. The third-order valence-corrected chi connectivity index (χ3v) is 4.89. The molecule has 1 heterocycles. The van der Waals surface area contributed by atoms with E-state index >= 15 is 0 Å². The van der Waals surface area contributed by atoms with Crippen LogP contribution in [0.1, 0.15) is 25.3 Å². The molecule has 1 aliphatic heterocycles. The van der Waals surface area contributed by atoms with Crippen LogP contribution >= 0.6 is 0 Å². The first kappa shape index (κ1) is 19.5.